The van der Waals surface area contributed by atoms with Crippen molar-refractivity contribution < 1.29 is 38.9 Å². The van der Waals surface area contributed by atoms with E-state index < -0.39 is 23.9 Å². The van der Waals surface area contributed by atoms with E-state index in [1.54, 1.807) is 12.1 Å². The second-order valence-corrected chi connectivity index (χ2v) is 17.2. The summed E-state index contributed by atoms with van der Waals surface area (Å²) in [4.78, 5) is 30.6. The maximum atomic E-state index is 12.8. The van der Waals surface area contributed by atoms with Gasteiger partial charge in [-0.1, -0.05) is 106 Å². The number of allylic oxidation sites excluding steroid dienone is 1. The van der Waals surface area contributed by atoms with E-state index in [4.69, 9.17) is 19.0 Å². The summed E-state index contributed by atoms with van der Waals surface area (Å²) in [5, 5.41) is 31.1. The van der Waals surface area contributed by atoms with Crippen LogP contribution in [0.4, 0.5) is 0 Å². The Morgan fingerprint density at radius 1 is 0.981 bits per heavy atom. The van der Waals surface area contributed by atoms with Gasteiger partial charge in [-0.2, -0.15) is 0 Å². The number of hydrogen-bond acceptors (Lipinski definition) is 9. The van der Waals surface area contributed by atoms with Gasteiger partial charge in [0.15, 0.2) is 11.8 Å². The topological polar surface area (TPSA) is 148 Å². The first-order valence-electron chi connectivity index (χ1n) is 18.7. The van der Waals surface area contributed by atoms with E-state index in [-0.39, 0.29) is 37.7 Å². The molecule has 0 unspecified atom stereocenters. The number of methoxy groups -OCH3 is 1. The number of carbonyl (C=O) groups is 2. The molecule has 0 saturated heterocycles. The lowest BCUT2D eigenvalue weighted by atomic mass is 9.99. The average Bonchev–Trinajstić information content (AvgIpc) is 3.38. The second kappa shape index (κ2) is 24.1. The first-order valence-corrected chi connectivity index (χ1v) is 21.8. The van der Waals surface area contributed by atoms with E-state index in [0.29, 0.717) is 47.8 Å². The molecule has 0 saturated carbocycles. The van der Waals surface area contributed by atoms with Crippen LogP contribution in [0.5, 0.6) is 5.75 Å². The van der Waals surface area contributed by atoms with E-state index in [0.717, 1.165) is 25.2 Å². The summed E-state index contributed by atoms with van der Waals surface area (Å²) in [5.41, 5.74) is 0.415. The fourth-order valence-corrected chi connectivity index (χ4v) is 8.94. The predicted octanol–water partition coefficient (Wildman–Crippen LogP) is 9.33. The molecule has 1 aromatic rings. The standard InChI is InChI=1S/C38H55Br4N3O8/c1-4-25(2)16-13-11-9-7-5-6-8-10-12-14-17-32(47)44-23-31(46)26-20-27(39)35(28(40)21-26)51-19-15-18-43-37(49)33-36(48)38(53-45-33)22-29(41)34(50-3)30(42)24-52-38/h20-21,24-25,31,36,46,48H,4-19,22-23H2,1-3H3,(H,43,49)(H,44,47)/t25-,31-,36-,38-/m0/s1. The number of oxime groups is 1. The third kappa shape index (κ3) is 14.7. The van der Waals surface area contributed by atoms with E-state index in [1.165, 1.54) is 71.2 Å². The van der Waals surface area contributed by atoms with Crippen molar-refractivity contribution in [3.05, 3.63) is 47.6 Å². The normalized spacial score (nSPS) is 19.5. The molecule has 0 fully saturated rings. The number of nitrogens with one attached hydrogen (secondary N) is 2. The lowest BCUT2D eigenvalue weighted by molar-refractivity contribution is -0.225. The molecule has 2 aliphatic rings. The van der Waals surface area contributed by atoms with Crippen LogP contribution in [0.2, 0.25) is 0 Å². The van der Waals surface area contributed by atoms with Gasteiger partial charge in [-0.3, -0.25) is 9.59 Å². The Balaban J connectivity index is 1.29. The molecule has 0 aliphatic carbocycles. The van der Waals surface area contributed by atoms with Gasteiger partial charge in [-0.15, -0.1) is 0 Å². The number of aliphatic hydroxyl groups is 2. The Morgan fingerprint density at radius 3 is 2.23 bits per heavy atom. The van der Waals surface area contributed by atoms with Crippen LogP contribution in [-0.4, -0.2) is 66.4 Å². The van der Waals surface area contributed by atoms with Crippen molar-refractivity contribution in [3.63, 3.8) is 0 Å². The van der Waals surface area contributed by atoms with Crippen LogP contribution in [0.15, 0.2) is 47.2 Å². The van der Waals surface area contributed by atoms with Gasteiger partial charge in [0.05, 0.1) is 39.7 Å². The van der Waals surface area contributed by atoms with Gasteiger partial charge < -0.3 is 39.9 Å². The molecule has 0 radical (unpaired) electrons. The molecule has 1 aromatic carbocycles. The Labute approximate surface area is 348 Å². The van der Waals surface area contributed by atoms with Crippen LogP contribution in [0, 0.1) is 5.92 Å². The number of rotatable bonds is 24. The van der Waals surface area contributed by atoms with Gasteiger partial charge in [-0.25, -0.2) is 0 Å². The Bertz CT molecular complexity index is 1420. The fraction of sp³-hybridized carbons (Fsp3) is 0.658. The van der Waals surface area contributed by atoms with Gasteiger partial charge in [-0.05, 0) is 84.2 Å². The van der Waals surface area contributed by atoms with E-state index in [9.17, 15) is 19.8 Å². The molecule has 2 heterocycles. The maximum absolute atomic E-state index is 12.8. The summed E-state index contributed by atoms with van der Waals surface area (Å²) in [6, 6.07) is 3.51. The number of amides is 2. The third-order valence-corrected chi connectivity index (χ3v) is 11.8. The number of aliphatic hydroxyl groups excluding tert-OH is 2. The van der Waals surface area contributed by atoms with Crippen LogP contribution >= 0.6 is 63.7 Å². The van der Waals surface area contributed by atoms with Crippen LogP contribution < -0.4 is 15.4 Å². The lowest BCUT2D eigenvalue weighted by Gasteiger charge is -2.27. The van der Waals surface area contributed by atoms with E-state index in [2.05, 4.69) is 93.4 Å². The lowest BCUT2D eigenvalue weighted by Crippen LogP contribution is -2.49. The first-order chi connectivity index (χ1) is 25.4. The summed E-state index contributed by atoms with van der Waals surface area (Å²) in [5.74, 6) is -0.401. The molecule has 11 nitrogen and oxygen atoms in total. The molecule has 3 rings (SSSR count). The number of halogens is 4. The van der Waals surface area contributed by atoms with Gasteiger partial charge in [0.1, 0.15) is 17.8 Å². The molecule has 298 valence electrons. The molecule has 1 spiro atoms. The summed E-state index contributed by atoms with van der Waals surface area (Å²) < 4.78 is 19.3. The molecule has 2 aliphatic heterocycles. The van der Waals surface area contributed by atoms with Gasteiger partial charge >= 0.3 is 5.79 Å². The molecule has 4 atom stereocenters. The van der Waals surface area contributed by atoms with E-state index in [1.807, 2.05) is 0 Å². The Morgan fingerprint density at radius 2 is 1.60 bits per heavy atom. The summed E-state index contributed by atoms with van der Waals surface area (Å²) >= 11 is 13.8. The van der Waals surface area contributed by atoms with Crippen molar-refractivity contribution in [1.82, 2.24) is 10.6 Å². The van der Waals surface area contributed by atoms with E-state index >= 15 is 0 Å². The largest absolute Gasteiger partial charge is 0.495 e. The molecular weight excluding hydrogens is 946 g/mol. The minimum Gasteiger partial charge on any atom is -0.495 e. The van der Waals surface area contributed by atoms with Crippen molar-refractivity contribution in [2.75, 3.05) is 26.8 Å². The highest BCUT2D eigenvalue weighted by Gasteiger charge is 2.54. The molecular formula is C38H55Br4N3O8. The fourth-order valence-electron chi connectivity index (χ4n) is 5.96. The molecule has 53 heavy (non-hydrogen) atoms. The quantitative estimate of drug-likeness (QED) is 0.0750. The van der Waals surface area contributed by atoms with Gasteiger partial charge in [0, 0.05) is 24.0 Å². The number of hydrogen-bond donors (Lipinski definition) is 4. The van der Waals surface area contributed by atoms with Crippen molar-refractivity contribution in [2.45, 2.75) is 128 Å². The van der Waals surface area contributed by atoms with Crippen molar-refractivity contribution >= 4 is 81.2 Å². The first kappa shape index (κ1) is 45.7. The molecule has 4 N–H and O–H groups in total. The number of ether oxygens (including phenoxy) is 3. The van der Waals surface area contributed by atoms with Crippen LogP contribution in [0.25, 0.3) is 0 Å². The highest BCUT2D eigenvalue weighted by atomic mass is 79.9. The zero-order valence-corrected chi connectivity index (χ0v) is 37.3. The monoisotopic (exact) mass is 997 g/mol. The van der Waals surface area contributed by atoms with Crippen molar-refractivity contribution in [3.8, 4) is 5.75 Å². The molecule has 0 aromatic heterocycles. The van der Waals surface area contributed by atoms with Crippen molar-refractivity contribution in [1.29, 1.82) is 0 Å². The minimum absolute atomic E-state index is 0.0461. The van der Waals surface area contributed by atoms with Crippen LogP contribution in [0.3, 0.4) is 0 Å². The smallest absolute Gasteiger partial charge is 0.311 e. The molecule has 15 heteroatoms. The van der Waals surface area contributed by atoms with Crippen LogP contribution in [-0.2, 0) is 23.9 Å². The molecule has 0 bridgehead atoms. The van der Waals surface area contributed by atoms with Gasteiger partial charge in [0.2, 0.25) is 5.91 Å². The summed E-state index contributed by atoms with van der Waals surface area (Å²) in [6.07, 6.45) is 14.9. The zero-order chi connectivity index (χ0) is 38.8. The van der Waals surface area contributed by atoms with Crippen molar-refractivity contribution in [2.24, 2.45) is 11.1 Å². The number of benzene rings is 1. The van der Waals surface area contributed by atoms with Crippen LogP contribution in [0.1, 0.15) is 122 Å². The maximum Gasteiger partial charge on any atom is 0.311 e. The summed E-state index contributed by atoms with van der Waals surface area (Å²) in [6.45, 7) is 5.24. The SMILES string of the molecule is CC[C@H](C)CCCCCCCCCCCCC(=O)NC[C@H](O)c1cc(Br)c(OCCCNC(=O)C2=NO[C@@]3(CC(Br)=C(OC)C(Br)=CO3)[C@H]2O)c(Br)c1. The third-order valence-electron chi connectivity index (χ3n) is 9.44. The number of carbonyl (C=O) groups excluding carboxylic acids is 2. The minimum atomic E-state index is -1.62. The number of nitrogens with zero attached hydrogens (tertiary/aromatic N) is 1. The highest BCUT2D eigenvalue weighted by Crippen LogP contribution is 2.41. The Hall–Kier alpha value is -1.65. The Kier molecular flexibility index (Phi) is 20.8. The zero-order valence-electron chi connectivity index (χ0n) is 31.0. The predicted molar refractivity (Wildman–Crippen MR) is 221 cm³/mol. The molecule has 2 amide bonds. The number of unbranched alkanes of at least 4 members (excludes halogenated alkanes) is 9. The highest BCUT2D eigenvalue weighted by molar-refractivity contribution is 9.12. The average molecular weight is 1000 g/mol. The second-order valence-electron chi connectivity index (χ2n) is 13.7. The van der Waals surface area contributed by atoms with Gasteiger partial charge in [0.25, 0.3) is 5.91 Å². The summed E-state index contributed by atoms with van der Waals surface area (Å²) in [7, 11) is 1.50.